The highest BCUT2D eigenvalue weighted by Gasteiger charge is 2.28. The highest BCUT2D eigenvalue weighted by molar-refractivity contribution is 14.0. The van der Waals surface area contributed by atoms with Crippen molar-refractivity contribution in [3.8, 4) is 0 Å². The number of hydrogen-bond acceptors (Lipinski definition) is 4. The van der Waals surface area contributed by atoms with Gasteiger partial charge in [0.05, 0.1) is 19.2 Å². The van der Waals surface area contributed by atoms with Gasteiger partial charge in [0, 0.05) is 26.6 Å². The molecule has 2 atom stereocenters. The minimum atomic E-state index is -0.238. The van der Waals surface area contributed by atoms with E-state index in [1.807, 2.05) is 6.92 Å². The molecular formula is C19H26FIN6O. The van der Waals surface area contributed by atoms with Gasteiger partial charge in [-0.3, -0.25) is 4.99 Å². The van der Waals surface area contributed by atoms with Gasteiger partial charge < -0.3 is 19.5 Å². The van der Waals surface area contributed by atoms with Gasteiger partial charge in [0.15, 0.2) is 11.8 Å². The average molecular weight is 500 g/mol. The molecule has 0 saturated carbocycles. The average Bonchev–Trinajstić information content (AvgIpc) is 3.27. The van der Waals surface area contributed by atoms with Gasteiger partial charge in [-0.1, -0.05) is 12.1 Å². The lowest BCUT2D eigenvalue weighted by Crippen LogP contribution is -2.50. The van der Waals surface area contributed by atoms with Crippen LogP contribution in [0.3, 0.4) is 0 Å². The Kier molecular flexibility index (Phi) is 6.86. The van der Waals surface area contributed by atoms with Crippen molar-refractivity contribution in [2.75, 3.05) is 20.1 Å². The maximum atomic E-state index is 13.2. The number of guanidine groups is 1. The van der Waals surface area contributed by atoms with E-state index in [0.717, 1.165) is 49.1 Å². The molecule has 1 N–H and O–H groups in total. The second-order valence-electron chi connectivity index (χ2n) is 7.08. The third-order valence-corrected chi connectivity index (χ3v) is 5.10. The Bertz CT molecular complexity index is 824. The SMILES string of the molecule is CN=C(NCc1nnc2n1CCC2)N1CC(C)OC(c2ccc(F)cc2)C1.I. The zero-order chi connectivity index (χ0) is 18.8. The first-order chi connectivity index (χ1) is 13.1. The van der Waals surface area contributed by atoms with Crippen LogP contribution in [0.5, 0.6) is 0 Å². The number of nitrogens with zero attached hydrogens (tertiary/aromatic N) is 5. The number of benzene rings is 1. The van der Waals surface area contributed by atoms with Crippen molar-refractivity contribution >= 4 is 29.9 Å². The van der Waals surface area contributed by atoms with Crippen LogP contribution in [0.4, 0.5) is 4.39 Å². The second-order valence-corrected chi connectivity index (χ2v) is 7.08. The Balaban J connectivity index is 0.00000225. The van der Waals surface area contributed by atoms with Gasteiger partial charge in [-0.05, 0) is 31.0 Å². The van der Waals surface area contributed by atoms with Gasteiger partial charge in [0.1, 0.15) is 17.7 Å². The van der Waals surface area contributed by atoms with E-state index in [4.69, 9.17) is 4.74 Å². The first kappa shape index (κ1) is 21.0. The van der Waals surface area contributed by atoms with E-state index >= 15 is 0 Å². The standard InChI is InChI=1S/C19H25FN6O.HI/c1-13-11-25(12-16(27-13)14-5-7-15(20)8-6-14)19(21-2)22-10-18-24-23-17-4-3-9-26(17)18;/h5-8,13,16H,3-4,9-12H2,1-2H3,(H,21,22);1H. The largest absolute Gasteiger partial charge is 0.367 e. The smallest absolute Gasteiger partial charge is 0.194 e. The summed E-state index contributed by atoms with van der Waals surface area (Å²) in [5, 5.41) is 12.0. The molecule has 4 rings (SSSR count). The summed E-state index contributed by atoms with van der Waals surface area (Å²) in [5.41, 5.74) is 0.971. The Hall–Kier alpha value is -1.75. The van der Waals surface area contributed by atoms with Crippen LogP contribution in [0.2, 0.25) is 0 Å². The summed E-state index contributed by atoms with van der Waals surface area (Å²) in [4.78, 5) is 6.62. The lowest BCUT2D eigenvalue weighted by molar-refractivity contribution is -0.0605. The molecule has 1 fully saturated rings. The molecule has 2 aliphatic rings. The van der Waals surface area contributed by atoms with E-state index in [1.165, 1.54) is 12.1 Å². The fourth-order valence-corrected chi connectivity index (χ4v) is 3.82. The molecule has 3 heterocycles. The first-order valence-corrected chi connectivity index (χ1v) is 9.41. The zero-order valence-corrected chi connectivity index (χ0v) is 18.5. The molecule has 1 aromatic heterocycles. The van der Waals surface area contributed by atoms with Crippen LogP contribution in [0.25, 0.3) is 0 Å². The number of ether oxygens (including phenoxy) is 1. The molecule has 152 valence electrons. The molecule has 9 heteroatoms. The lowest BCUT2D eigenvalue weighted by Gasteiger charge is -2.38. The van der Waals surface area contributed by atoms with E-state index in [0.29, 0.717) is 13.1 Å². The van der Waals surface area contributed by atoms with Crippen LogP contribution in [0, 0.1) is 5.82 Å². The van der Waals surface area contributed by atoms with E-state index in [1.54, 1.807) is 19.2 Å². The van der Waals surface area contributed by atoms with Crippen LogP contribution in [-0.4, -0.2) is 51.9 Å². The summed E-state index contributed by atoms with van der Waals surface area (Å²) < 4.78 is 21.5. The van der Waals surface area contributed by atoms with Crippen LogP contribution >= 0.6 is 24.0 Å². The Morgan fingerprint density at radius 2 is 2.07 bits per heavy atom. The highest BCUT2D eigenvalue weighted by atomic mass is 127. The molecule has 0 radical (unpaired) electrons. The molecule has 1 saturated heterocycles. The number of hydrogen-bond donors (Lipinski definition) is 1. The molecule has 2 unspecified atom stereocenters. The van der Waals surface area contributed by atoms with E-state index in [2.05, 4.69) is 30.0 Å². The maximum absolute atomic E-state index is 13.2. The lowest BCUT2D eigenvalue weighted by atomic mass is 10.1. The van der Waals surface area contributed by atoms with Crippen LogP contribution in [0.1, 0.15) is 36.7 Å². The fraction of sp³-hybridized carbons (Fsp3) is 0.526. The van der Waals surface area contributed by atoms with Crippen LogP contribution in [0.15, 0.2) is 29.3 Å². The van der Waals surface area contributed by atoms with E-state index in [-0.39, 0.29) is 42.0 Å². The third kappa shape index (κ3) is 4.45. The summed E-state index contributed by atoms with van der Waals surface area (Å²) >= 11 is 0. The van der Waals surface area contributed by atoms with Gasteiger partial charge in [0.2, 0.25) is 0 Å². The minimum absolute atomic E-state index is 0. The summed E-state index contributed by atoms with van der Waals surface area (Å²) in [7, 11) is 1.78. The number of nitrogens with one attached hydrogen (secondary N) is 1. The predicted octanol–water partition coefficient (Wildman–Crippen LogP) is 2.52. The maximum Gasteiger partial charge on any atom is 0.194 e. The molecule has 28 heavy (non-hydrogen) atoms. The molecule has 0 amide bonds. The highest BCUT2D eigenvalue weighted by Crippen LogP contribution is 2.25. The third-order valence-electron chi connectivity index (χ3n) is 5.10. The summed E-state index contributed by atoms with van der Waals surface area (Å²) in [5.74, 6) is 2.59. The zero-order valence-electron chi connectivity index (χ0n) is 16.1. The van der Waals surface area contributed by atoms with Gasteiger partial charge in [-0.2, -0.15) is 0 Å². The van der Waals surface area contributed by atoms with E-state index in [9.17, 15) is 4.39 Å². The number of halogens is 2. The molecule has 2 aliphatic heterocycles. The van der Waals surface area contributed by atoms with Crippen molar-refractivity contribution in [3.63, 3.8) is 0 Å². The van der Waals surface area contributed by atoms with Gasteiger partial charge >= 0.3 is 0 Å². The van der Waals surface area contributed by atoms with E-state index < -0.39 is 0 Å². The summed E-state index contributed by atoms with van der Waals surface area (Å²) in [6.45, 7) is 5.02. The van der Waals surface area contributed by atoms with Gasteiger partial charge in [-0.15, -0.1) is 34.2 Å². The van der Waals surface area contributed by atoms with Crippen LogP contribution < -0.4 is 5.32 Å². The van der Waals surface area contributed by atoms with Gasteiger partial charge in [-0.25, -0.2) is 4.39 Å². The Morgan fingerprint density at radius 1 is 1.29 bits per heavy atom. The fourth-order valence-electron chi connectivity index (χ4n) is 3.82. The molecule has 0 bridgehead atoms. The number of rotatable bonds is 3. The van der Waals surface area contributed by atoms with Crippen molar-refractivity contribution in [2.45, 2.75) is 45.1 Å². The molecule has 1 aromatic carbocycles. The number of aryl methyl sites for hydroxylation is 1. The van der Waals surface area contributed by atoms with Crippen molar-refractivity contribution in [2.24, 2.45) is 4.99 Å². The molecule has 7 nitrogen and oxygen atoms in total. The number of morpholine rings is 1. The second kappa shape index (κ2) is 9.17. The predicted molar refractivity (Wildman–Crippen MR) is 115 cm³/mol. The quantitative estimate of drug-likeness (QED) is 0.399. The van der Waals surface area contributed by atoms with Crippen molar-refractivity contribution < 1.29 is 9.13 Å². The number of fused-ring (bicyclic) bond motifs is 1. The minimum Gasteiger partial charge on any atom is -0.367 e. The molecule has 0 aliphatic carbocycles. The van der Waals surface area contributed by atoms with Crippen molar-refractivity contribution in [3.05, 3.63) is 47.3 Å². The molecule has 2 aromatic rings. The number of aromatic nitrogens is 3. The molecular weight excluding hydrogens is 474 g/mol. The summed E-state index contributed by atoms with van der Waals surface area (Å²) in [6, 6.07) is 6.51. The topological polar surface area (TPSA) is 67.6 Å². The first-order valence-electron chi connectivity index (χ1n) is 9.41. The monoisotopic (exact) mass is 500 g/mol. The number of aliphatic imine (C=N–C) groups is 1. The van der Waals surface area contributed by atoms with Gasteiger partial charge in [0.25, 0.3) is 0 Å². The van der Waals surface area contributed by atoms with Crippen molar-refractivity contribution in [1.82, 2.24) is 25.0 Å². The Labute approximate surface area is 181 Å². The van der Waals surface area contributed by atoms with Crippen LogP contribution in [-0.2, 0) is 24.2 Å². The Morgan fingerprint density at radius 3 is 2.82 bits per heavy atom. The normalized spacial score (nSPS) is 22.0. The summed E-state index contributed by atoms with van der Waals surface area (Å²) in [6.07, 6.45) is 2.06. The van der Waals surface area contributed by atoms with Crippen molar-refractivity contribution in [1.29, 1.82) is 0 Å². The molecule has 0 spiro atoms.